The first kappa shape index (κ1) is 15.1. The summed E-state index contributed by atoms with van der Waals surface area (Å²) in [7, 11) is 0. The topological polar surface area (TPSA) is 42.2 Å². The van der Waals surface area contributed by atoms with Crippen LogP contribution in [0.3, 0.4) is 0 Å². The molecule has 0 atom stereocenters. The summed E-state index contributed by atoms with van der Waals surface area (Å²) >= 11 is 9.09. The van der Waals surface area contributed by atoms with Gasteiger partial charge in [-0.15, -0.1) is 0 Å². The van der Waals surface area contributed by atoms with Gasteiger partial charge in [-0.25, -0.2) is 4.39 Å². The number of benzene rings is 2. The molecule has 112 valence electrons. The summed E-state index contributed by atoms with van der Waals surface area (Å²) in [6.45, 7) is 1.81. The van der Waals surface area contributed by atoms with Crippen LogP contribution in [0.2, 0.25) is 5.02 Å². The Balaban J connectivity index is 1.95. The van der Waals surface area contributed by atoms with Crippen molar-refractivity contribution in [2.24, 2.45) is 0 Å². The van der Waals surface area contributed by atoms with Gasteiger partial charge in [0.2, 0.25) is 0 Å². The van der Waals surface area contributed by atoms with Crippen molar-refractivity contribution in [1.29, 1.82) is 0 Å². The SMILES string of the molecule is Cc1c(C(=O)Nc2ccc(F)c(Cl)c2)oc2ccc(Br)cc12. The zero-order valence-corrected chi connectivity index (χ0v) is 13.8. The number of rotatable bonds is 2. The van der Waals surface area contributed by atoms with Crippen molar-refractivity contribution < 1.29 is 13.6 Å². The highest BCUT2D eigenvalue weighted by Gasteiger charge is 2.18. The van der Waals surface area contributed by atoms with E-state index in [1.54, 1.807) is 6.07 Å². The summed E-state index contributed by atoms with van der Waals surface area (Å²) in [6, 6.07) is 9.50. The predicted octanol–water partition coefficient (Wildman–Crippen LogP) is 5.55. The lowest BCUT2D eigenvalue weighted by Crippen LogP contribution is -2.12. The quantitative estimate of drug-likeness (QED) is 0.631. The molecule has 1 aromatic heterocycles. The summed E-state index contributed by atoms with van der Waals surface area (Å²) < 4.78 is 19.6. The predicted molar refractivity (Wildman–Crippen MR) is 88.0 cm³/mol. The average molecular weight is 383 g/mol. The Morgan fingerprint density at radius 2 is 2.05 bits per heavy atom. The normalized spacial score (nSPS) is 10.9. The maximum absolute atomic E-state index is 13.1. The third-order valence-electron chi connectivity index (χ3n) is 3.28. The number of aryl methyl sites for hydroxylation is 1. The maximum Gasteiger partial charge on any atom is 0.291 e. The minimum Gasteiger partial charge on any atom is -0.451 e. The van der Waals surface area contributed by atoms with Gasteiger partial charge in [-0.3, -0.25) is 4.79 Å². The average Bonchev–Trinajstić information content (AvgIpc) is 2.80. The summed E-state index contributed by atoms with van der Waals surface area (Å²) in [5, 5.41) is 3.45. The van der Waals surface area contributed by atoms with Gasteiger partial charge in [-0.05, 0) is 43.3 Å². The number of hydrogen-bond acceptors (Lipinski definition) is 2. The summed E-state index contributed by atoms with van der Waals surface area (Å²) in [5.74, 6) is -0.731. The molecule has 0 aliphatic rings. The van der Waals surface area contributed by atoms with Crippen LogP contribution >= 0.6 is 27.5 Å². The maximum atomic E-state index is 13.1. The molecule has 0 aliphatic carbocycles. The van der Waals surface area contributed by atoms with Gasteiger partial charge in [0.15, 0.2) is 5.76 Å². The third kappa shape index (κ3) is 2.74. The highest BCUT2D eigenvalue weighted by atomic mass is 79.9. The smallest absolute Gasteiger partial charge is 0.291 e. The van der Waals surface area contributed by atoms with Crippen molar-refractivity contribution in [3.05, 3.63) is 63.0 Å². The Kier molecular flexibility index (Phi) is 3.93. The Hall–Kier alpha value is -1.85. The first-order valence-electron chi connectivity index (χ1n) is 6.41. The number of nitrogens with one attached hydrogen (secondary N) is 1. The molecule has 0 fully saturated rings. The number of halogens is 3. The van der Waals surface area contributed by atoms with Crippen LogP contribution in [0.25, 0.3) is 11.0 Å². The van der Waals surface area contributed by atoms with Crippen molar-refractivity contribution in [3.8, 4) is 0 Å². The van der Waals surface area contributed by atoms with Gasteiger partial charge in [0.05, 0.1) is 5.02 Å². The van der Waals surface area contributed by atoms with Gasteiger partial charge in [-0.1, -0.05) is 27.5 Å². The summed E-state index contributed by atoms with van der Waals surface area (Å²) in [5.41, 5.74) is 1.77. The van der Waals surface area contributed by atoms with Gasteiger partial charge in [-0.2, -0.15) is 0 Å². The Bertz CT molecular complexity index is 891. The zero-order chi connectivity index (χ0) is 15.9. The van der Waals surface area contributed by atoms with Crippen LogP contribution in [-0.2, 0) is 0 Å². The fourth-order valence-corrected chi connectivity index (χ4v) is 2.71. The second-order valence-electron chi connectivity index (χ2n) is 4.78. The van der Waals surface area contributed by atoms with E-state index in [0.717, 1.165) is 15.4 Å². The summed E-state index contributed by atoms with van der Waals surface area (Å²) in [6.07, 6.45) is 0. The minimum atomic E-state index is -0.538. The molecule has 0 saturated carbocycles. The van der Waals surface area contributed by atoms with Crippen molar-refractivity contribution in [3.63, 3.8) is 0 Å². The first-order valence-corrected chi connectivity index (χ1v) is 7.58. The minimum absolute atomic E-state index is 0.0527. The molecule has 1 amide bonds. The standard InChI is InChI=1S/C16H10BrClFNO2/c1-8-11-6-9(17)2-5-14(11)22-15(8)16(21)20-10-3-4-13(19)12(18)7-10/h2-7H,1H3,(H,20,21). The van der Waals surface area contributed by atoms with Crippen molar-refractivity contribution >= 4 is 50.1 Å². The van der Waals surface area contributed by atoms with Crippen molar-refractivity contribution in [1.82, 2.24) is 0 Å². The lowest BCUT2D eigenvalue weighted by molar-refractivity contribution is 0.0998. The highest BCUT2D eigenvalue weighted by Crippen LogP contribution is 2.29. The van der Waals surface area contributed by atoms with Gasteiger partial charge in [0, 0.05) is 21.1 Å². The number of amides is 1. The first-order chi connectivity index (χ1) is 10.5. The molecule has 3 rings (SSSR count). The Morgan fingerprint density at radius 1 is 1.27 bits per heavy atom. The fourth-order valence-electron chi connectivity index (χ4n) is 2.17. The van der Waals surface area contributed by atoms with E-state index in [2.05, 4.69) is 21.2 Å². The van der Waals surface area contributed by atoms with Gasteiger partial charge >= 0.3 is 0 Å². The Labute approximate surface area is 139 Å². The zero-order valence-electron chi connectivity index (χ0n) is 11.4. The van der Waals surface area contributed by atoms with Crippen LogP contribution in [0.4, 0.5) is 10.1 Å². The second kappa shape index (κ2) is 5.74. The molecular weight excluding hydrogens is 373 g/mol. The molecule has 2 aromatic carbocycles. The molecular formula is C16H10BrClFNO2. The molecule has 0 spiro atoms. The molecule has 3 nitrogen and oxygen atoms in total. The number of furan rings is 1. The van der Waals surface area contributed by atoms with E-state index in [-0.39, 0.29) is 10.8 Å². The molecule has 0 unspecified atom stereocenters. The molecule has 22 heavy (non-hydrogen) atoms. The number of carbonyl (C=O) groups excluding carboxylic acids is 1. The van der Waals surface area contributed by atoms with E-state index in [0.29, 0.717) is 11.3 Å². The third-order valence-corrected chi connectivity index (χ3v) is 4.06. The number of carbonyl (C=O) groups is 1. The van der Waals surface area contributed by atoms with Gasteiger partial charge in [0.25, 0.3) is 5.91 Å². The fraction of sp³-hybridized carbons (Fsp3) is 0.0625. The molecule has 0 radical (unpaired) electrons. The van der Waals surface area contributed by atoms with E-state index < -0.39 is 11.7 Å². The lowest BCUT2D eigenvalue weighted by Gasteiger charge is -2.04. The molecule has 6 heteroatoms. The van der Waals surface area contributed by atoms with E-state index in [9.17, 15) is 9.18 Å². The number of hydrogen-bond donors (Lipinski definition) is 1. The number of anilines is 1. The highest BCUT2D eigenvalue weighted by molar-refractivity contribution is 9.10. The number of fused-ring (bicyclic) bond motifs is 1. The molecule has 0 aliphatic heterocycles. The van der Waals surface area contributed by atoms with Crippen LogP contribution in [0, 0.1) is 12.7 Å². The summed E-state index contributed by atoms with van der Waals surface area (Å²) in [4.78, 5) is 12.3. The largest absolute Gasteiger partial charge is 0.451 e. The van der Waals surface area contributed by atoms with Crippen LogP contribution in [0.15, 0.2) is 45.3 Å². The molecule has 1 heterocycles. The molecule has 1 N–H and O–H groups in total. The molecule has 0 saturated heterocycles. The monoisotopic (exact) mass is 381 g/mol. The van der Waals surface area contributed by atoms with Crippen molar-refractivity contribution in [2.75, 3.05) is 5.32 Å². The molecule has 3 aromatic rings. The van der Waals surface area contributed by atoms with Crippen LogP contribution in [0.1, 0.15) is 16.1 Å². The van der Waals surface area contributed by atoms with Gasteiger partial charge in [0.1, 0.15) is 11.4 Å². The van der Waals surface area contributed by atoms with Crippen LogP contribution in [-0.4, -0.2) is 5.91 Å². The lowest BCUT2D eigenvalue weighted by atomic mass is 10.1. The van der Waals surface area contributed by atoms with E-state index >= 15 is 0 Å². The Morgan fingerprint density at radius 3 is 2.77 bits per heavy atom. The second-order valence-corrected chi connectivity index (χ2v) is 6.10. The van der Waals surface area contributed by atoms with E-state index in [1.807, 2.05) is 19.1 Å². The molecule has 0 bridgehead atoms. The van der Waals surface area contributed by atoms with Crippen LogP contribution < -0.4 is 5.32 Å². The van der Waals surface area contributed by atoms with E-state index in [4.69, 9.17) is 16.0 Å². The van der Waals surface area contributed by atoms with E-state index in [1.165, 1.54) is 18.2 Å². The van der Waals surface area contributed by atoms with Crippen molar-refractivity contribution in [2.45, 2.75) is 6.92 Å². The van der Waals surface area contributed by atoms with Crippen LogP contribution in [0.5, 0.6) is 0 Å². The van der Waals surface area contributed by atoms with Gasteiger partial charge < -0.3 is 9.73 Å².